The third-order valence-corrected chi connectivity index (χ3v) is 7.70. The van der Waals surface area contributed by atoms with Crippen molar-refractivity contribution in [1.82, 2.24) is 0 Å². The number of hydrogen-bond donors (Lipinski definition) is 1. The Labute approximate surface area is 141 Å². The highest BCUT2D eigenvalue weighted by molar-refractivity contribution is 5.32. The second-order valence-electron chi connectivity index (χ2n) is 8.41. The molecule has 2 heteroatoms. The maximum absolute atomic E-state index is 10.8. The highest BCUT2D eigenvalue weighted by Gasteiger charge is 2.56. The van der Waals surface area contributed by atoms with Crippen LogP contribution in [0.3, 0.4) is 0 Å². The van der Waals surface area contributed by atoms with Crippen LogP contribution in [0.5, 0.6) is 0 Å². The van der Waals surface area contributed by atoms with Crippen LogP contribution >= 0.6 is 0 Å². The van der Waals surface area contributed by atoms with Crippen LogP contribution < -0.4 is 0 Å². The molecule has 0 saturated heterocycles. The van der Waals surface area contributed by atoms with E-state index in [-0.39, 0.29) is 11.5 Å². The molecule has 4 aliphatic rings. The topological polar surface area (TPSA) is 29.5 Å². The van der Waals surface area contributed by atoms with Crippen LogP contribution in [-0.2, 0) is 4.74 Å². The lowest BCUT2D eigenvalue weighted by molar-refractivity contribution is -0.0510. The van der Waals surface area contributed by atoms with Gasteiger partial charge >= 0.3 is 0 Å². The zero-order valence-corrected chi connectivity index (χ0v) is 14.8. The second-order valence-corrected chi connectivity index (χ2v) is 8.41. The van der Waals surface area contributed by atoms with Crippen molar-refractivity contribution < 1.29 is 9.84 Å². The highest BCUT2D eigenvalue weighted by atomic mass is 16.5. The van der Waals surface area contributed by atoms with E-state index in [0.29, 0.717) is 0 Å². The first kappa shape index (κ1) is 15.7. The predicted octanol–water partition coefficient (Wildman–Crippen LogP) is 4.98. The van der Waals surface area contributed by atoms with Crippen LogP contribution in [0.2, 0.25) is 0 Å². The van der Waals surface area contributed by atoms with E-state index in [1.54, 1.807) is 11.1 Å². The van der Waals surface area contributed by atoms with E-state index in [9.17, 15) is 5.11 Å². The molecule has 0 heterocycles. The van der Waals surface area contributed by atoms with Crippen molar-refractivity contribution in [2.75, 3.05) is 7.11 Å². The number of allylic oxidation sites excluding steroid dienone is 3. The Morgan fingerprint density at radius 1 is 1.26 bits per heavy atom. The Morgan fingerprint density at radius 3 is 2.91 bits per heavy atom. The number of methoxy groups -OCH3 is 1. The molecule has 5 atom stereocenters. The number of aliphatic hydroxyl groups is 1. The van der Waals surface area contributed by atoms with Crippen LogP contribution in [0, 0.1) is 23.2 Å². The fourth-order valence-corrected chi connectivity index (χ4v) is 6.77. The summed E-state index contributed by atoms with van der Waals surface area (Å²) in [4.78, 5) is 0. The van der Waals surface area contributed by atoms with Crippen LogP contribution in [-0.4, -0.2) is 18.3 Å². The molecule has 4 aliphatic carbocycles. The molecule has 128 valence electrons. The molecule has 0 unspecified atom stereocenters. The van der Waals surface area contributed by atoms with Gasteiger partial charge in [-0.05, 0) is 80.6 Å². The maximum Gasteiger partial charge on any atom is 0.0959 e. The lowest BCUT2D eigenvalue weighted by Crippen LogP contribution is -2.46. The van der Waals surface area contributed by atoms with Crippen molar-refractivity contribution in [2.24, 2.45) is 23.2 Å². The third kappa shape index (κ3) is 2.32. The summed E-state index contributed by atoms with van der Waals surface area (Å²) < 4.78 is 5.50. The monoisotopic (exact) mass is 316 g/mol. The summed E-state index contributed by atoms with van der Waals surface area (Å²) in [6.45, 7) is 2.29. The van der Waals surface area contributed by atoms with E-state index in [0.717, 1.165) is 37.0 Å². The molecule has 0 aromatic rings. The van der Waals surface area contributed by atoms with Gasteiger partial charge in [0.1, 0.15) is 0 Å². The fraction of sp³-hybridized carbons (Fsp3) is 0.810. The molecule has 0 radical (unpaired) electrons. The maximum atomic E-state index is 10.8. The summed E-state index contributed by atoms with van der Waals surface area (Å²) in [5.41, 5.74) is 3.71. The Balaban J connectivity index is 1.60. The standard InChI is InChI=1S/C21H32O2/c1-3-11-21-12-10-17-16-7-5-15(23-2)13-14(16)4-6-18(17)19(21)8-9-20(21)22/h5,17-20,22H,3-4,6-13H2,1-2H3/t17-,18-,19+,20+,21+/m1/s1. The number of rotatable bonds is 3. The molecular weight excluding hydrogens is 284 g/mol. The van der Waals surface area contributed by atoms with E-state index >= 15 is 0 Å². The van der Waals surface area contributed by atoms with Crippen LogP contribution in [0.1, 0.15) is 71.1 Å². The van der Waals surface area contributed by atoms with Crippen molar-refractivity contribution in [3.63, 3.8) is 0 Å². The van der Waals surface area contributed by atoms with E-state index < -0.39 is 0 Å². The first-order valence-electron chi connectivity index (χ1n) is 9.81. The minimum atomic E-state index is -0.0323. The Kier molecular flexibility index (Phi) is 4.07. The van der Waals surface area contributed by atoms with Crippen molar-refractivity contribution in [2.45, 2.75) is 77.2 Å². The van der Waals surface area contributed by atoms with Gasteiger partial charge in [0, 0.05) is 6.42 Å². The van der Waals surface area contributed by atoms with Gasteiger partial charge in [-0.2, -0.15) is 0 Å². The van der Waals surface area contributed by atoms with Crippen molar-refractivity contribution in [1.29, 1.82) is 0 Å². The largest absolute Gasteiger partial charge is 0.501 e. The van der Waals surface area contributed by atoms with Crippen LogP contribution in [0.15, 0.2) is 23.0 Å². The summed E-state index contributed by atoms with van der Waals surface area (Å²) >= 11 is 0. The van der Waals surface area contributed by atoms with Gasteiger partial charge in [-0.25, -0.2) is 0 Å². The quantitative estimate of drug-likeness (QED) is 0.744. The van der Waals surface area contributed by atoms with Gasteiger partial charge in [-0.3, -0.25) is 0 Å². The molecule has 0 amide bonds. The van der Waals surface area contributed by atoms with Gasteiger partial charge < -0.3 is 9.84 Å². The lowest BCUT2D eigenvalue weighted by Gasteiger charge is -2.52. The molecule has 4 rings (SSSR count). The molecule has 2 nitrogen and oxygen atoms in total. The van der Waals surface area contributed by atoms with Crippen molar-refractivity contribution in [3.8, 4) is 0 Å². The van der Waals surface area contributed by atoms with Gasteiger partial charge in [0.2, 0.25) is 0 Å². The van der Waals surface area contributed by atoms with Gasteiger partial charge in [0.15, 0.2) is 0 Å². The molecule has 1 N–H and O–H groups in total. The first-order valence-corrected chi connectivity index (χ1v) is 9.81. The zero-order valence-electron chi connectivity index (χ0n) is 14.8. The van der Waals surface area contributed by atoms with E-state index in [1.807, 2.05) is 7.11 Å². The second kappa shape index (κ2) is 5.95. The van der Waals surface area contributed by atoms with Gasteiger partial charge in [-0.15, -0.1) is 0 Å². The summed E-state index contributed by atoms with van der Waals surface area (Å²) in [6.07, 6.45) is 14.4. The third-order valence-electron chi connectivity index (χ3n) is 7.70. The molecule has 23 heavy (non-hydrogen) atoms. The Morgan fingerprint density at radius 2 is 2.13 bits per heavy atom. The van der Waals surface area contributed by atoms with Gasteiger partial charge in [0.05, 0.1) is 19.0 Å². The number of aliphatic hydroxyl groups excluding tert-OH is 1. The summed E-state index contributed by atoms with van der Waals surface area (Å²) in [6, 6.07) is 0. The van der Waals surface area contributed by atoms with E-state index in [4.69, 9.17) is 4.74 Å². The summed E-state index contributed by atoms with van der Waals surface area (Å²) in [5, 5.41) is 10.8. The Bertz CT molecular complexity index is 532. The smallest absolute Gasteiger partial charge is 0.0959 e. The van der Waals surface area contributed by atoms with Crippen LogP contribution in [0.4, 0.5) is 0 Å². The summed E-state index contributed by atoms with van der Waals surface area (Å²) in [7, 11) is 1.81. The number of ether oxygens (including phenoxy) is 1. The van der Waals surface area contributed by atoms with Gasteiger partial charge in [0.25, 0.3) is 0 Å². The average molecular weight is 316 g/mol. The normalized spacial score (nSPS) is 42.7. The average Bonchev–Trinajstić information content (AvgIpc) is 2.91. The summed E-state index contributed by atoms with van der Waals surface area (Å²) in [5.74, 6) is 3.59. The van der Waals surface area contributed by atoms with Crippen molar-refractivity contribution in [3.05, 3.63) is 23.0 Å². The molecule has 0 aromatic heterocycles. The molecule has 0 spiro atoms. The zero-order chi connectivity index (χ0) is 16.0. The minimum Gasteiger partial charge on any atom is -0.501 e. The number of fused-ring (bicyclic) bond motifs is 4. The number of hydrogen-bond acceptors (Lipinski definition) is 2. The predicted molar refractivity (Wildman–Crippen MR) is 92.9 cm³/mol. The molecule has 0 aromatic carbocycles. The fourth-order valence-electron chi connectivity index (χ4n) is 6.77. The van der Waals surface area contributed by atoms with Crippen LogP contribution in [0.25, 0.3) is 0 Å². The Hall–Kier alpha value is -0.760. The van der Waals surface area contributed by atoms with E-state index in [2.05, 4.69) is 13.0 Å². The molecule has 0 bridgehead atoms. The molecule has 0 aliphatic heterocycles. The molecular formula is C21H32O2. The van der Waals surface area contributed by atoms with E-state index in [1.165, 1.54) is 50.7 Å². The molecule has 2 saturated carbocycles. The highest BCUT2D eigenvalue weighted by Crippen LogP contribution is 2.62. The lowest BCUT2D eigenvalue weighted by atomic mass is 9.53. The first-order chi connectivity index (χ1) is 11.2. The van der Waals surface area contributed by atoms with Gasteiger partial charge in [-0.1, -0.05) is 24.5 Å². The minimum absolute atomic E-state index is 0.0323. The molecule has 2 fully saturated rings. The SMILES string of the molecule is CCC[C@]12CC[C@@H]3C4=C(CC[C@H]3[C@@H]1CC[C@@H]2O)CC(OC)=CC4. The van der Waals surface area contributed by atoms with Crippen molar-refractivity contribution >= 4 is 0 Å².